The molecular weight excluding hydrogens is 433 g/mol. The third kappa shape index (κ3) is 4.30. The standard InChI is InChI=1S/C22H20FN5O3S/c1-12-3-8-19(31-2)15(9-12)17-11-32-22(25-17)26-21(30)16-10-18(20(24)29)28(27-16)14-6-4-13(23)5-7-14/h3-9,11,18H,10H2,1-2H3,(H2,24,29)(H,25,26,30)/t18-/m0/s1. The Morgan fingerprint density at radius 3 is 2.69 bits per heavy atom. The van der Waals surface area contributed by atoms with Gasteiger partial charge in [-0.1, -0.05) is 11.6 Å². The number of ether oxygens (including phenoxy) is 1. The summed E-state index contributed by atoms with van der Waals surface area (Å²) >= 11 is 1.26. The van der Waals surface area contributed by atoms with E-state index in [4.69, 9.17) is 10.5 Å². The number of anilines is 2. The Balaban J connectivity index is 1.54. The summed E-state index contributed by atoms with van der Waals surface area (Å²) in [5.74, 6) is -0.865. The molecule has 10 heteroatoms. The SMILES string of the molecule is COc1ccc(C)cc1-c1csc(NC(=O)C2=NN(c3ccc(F)cc3)[C@H](C(N)=O)C2)n1. The zero-order valence-electron chi connectivity index (χ0n) is 17.3. The van der Waals surface area contributed by atoms with Crippen LogP contribution < -0.4 is 20.8 Å². The fourth-order valence-corrected chi connectivity index (χ4v) is 4.05. The van der Waals surface area contributed by atoms with Crippen LogP contribution >= 0.6 is 11.3 Å². The number of hydrogen-bond donors (Lipinski definition) is 2. The molecule has 2 amide bonds. The molecule has 0 spiro atoms. The van der Waals surface area contributed by atoms with E-state index in [1.807, 2.05) is 30.5 Å². The maximum atomic E-state index is 13.2. The minimum Gasteiger partial charge on any atom is -0.496 e. The van der Waals surface area contributed by atoms with E-state index >= 15 is 0 Å². The van der Waals surface area contributed by atoms with Crippen LogP contribution in [0.5, 0.6) is 5.75 Å². The Kier molecular flexibility index (Phi) is 5.87. The van der Waals surface area contributed by atoms with Crippen molar-refractivity contribution in [2.45, 2.75) is 19.4 Å². The lowest BCUT2D eigenvalue weighted by atomic mass is 10.1. The topological polar surface area (TPSA) is 110 Å². The molecule has 8 nitrogen and oxygen atoms in total. The van der Waals surface area contributed by atoms with Crippen molar-refractivity contribution in [2.24, 2.45) is 10.8 Å². The summed E-state index contributed by atoms with van der Waals surface area (Å²) in [5, 5.41) is 10.5. The lowest BCUT2D eigenvalue weighted by Gasteiger charge is -2.20. The highest BCUT2D eigenvalue weighted by Crippen LogP contribution is 2.33. The van der Waals surface area contributed by atoms with Crippen LogP contribution in [-0.4, -0.2) is 35.7 Å². The number of thiazole rings is 1. The van der Waals surface area contributed by atoms with E-state index in [-0.39, 0.29) is 12.1 Å². The predicted molar refractivity (Wildman–Crippen MR) is 121 cm³/mol. The van der Waals surface area contributed by atoms with Gasteiger partial charge in [0, 0.05) is 17.4 Å². The van der Waals surface area contributed by atoms with Crippen molar-refractivity contribution in [2.75, 3.05) is 17.4 Å². The Hall–Kier alpha value is -3.79. The molecule has 0 saturated heterocycles. The quantitative estimate of drug-likeness (QED) is 0.595. The van der Waals surface area contributed by atoms with Gasteiger partial charge in [-0.05, 0) is 43.3 Å². The first-order valence-corrected chi connectivity index (χ1v) is 10.6. The van der Waals surface area contributed by atoms with Gasteiger partial charge in [-0.15, -0.1) is 11.3 Å². The summed E-state index contributed by atoms with van der Waals surface area (Å²) in [6.45, 7) is 1.97. The second-order valence-corrected chi connectivity index (χ2v) is 8.04. The zero-order valence-corrected chi connectivity index (χ0v) is 18.1. The minimum absolute atomic E-state index is 0.0302. The molecule has 0 aliphatic carbocycles. The van der Waals surface area contributed by atoms with Gasteiger partial charge >= 0.3 is 0 Å². The average Bonchev–Trinajstić information content (AvgIpc) is 3.42. The van der Waals surface area contributed by atoms with Crippen molar-refractivity contribution in [3.63, 3.8) is 0 Å². The smallest absolute Gasteiger partial charge is 0.273 e. The fraction of sp³-hybridized carbons (Fsp3) is 0.182. The maximum absolute atomic E-state index is 13.2. The molecule has 2 heterocycles. The summed E-state index contributed by atoms with van der Waals surface area (Å²) in [4.78, 5) is 29.2. The number of nitrogens with two attached hydrogens (primary N) is 1. The molecule has 3 N–H and O–H groups in total. The molecule has 0 saturated carbocycles. The predicted octanol–water partition coefficient (Wildman–Crippen LogP) is 3.32. The molecule has 2 aromatic carbocycles. The lowest BCUT2D eigenvalue weighted by Crippen LogP contribution is -2.39. The summed E-state index contributed by atoms with van der Waals surface area (Å²) < 4.78 is 18.7. The van der Waals surface area contributed by atoms with Crippen LogP contribution in [0.3, 0.4) is 0 Å². The molecule has 0 fully saturated rings. The minimum atomic E-state index is -0.843. The Labute approximate surface area is 187 Å². The largest absolute Gasteiger partial charge is 0.496 e. The first-order chi connectivity index (χ1) is 15.4. The van der Waals surface area contributed by atoms with Gasteiger partial charge in [-0.25, -0.2) is 9.37 Å². The number of carbonyl (C=O) groups excluding carboxylic acids is 2. The molecule has 164 valence electrons. The van der Waals surface area contributed by atoms with Crippen LogP contribution in [0.25, 0.3) is 11.3 Å². The summed E-state index contributed by atoms with van der Waals surface area (Å²) in [7, 11) is 1.59. The van der Waals surface area contributed by atoms with Gasteiger partial charge < -0.3 is 10.5 Å². The first-order valence-electron chi connectivity index (χ1n) is 9.69. The molecule has 32 heavy (non-hydrogen) atoms. The highest BCUT2D eigenvalue weighted by Gasteiger charge is 2.35. The second kappa shape index (κ2) is 8.75. The Morgan fingerprint density at radius 2 is 2.00 bits per heavy atom. The van der Waals surface area contributed by atoms with Crippen LogP contribution in [0.4, 0.5) is 15.2 Å². The molecule has 0 radical (unpaired) electrons. The molecule has 1 aromatic heterocycles. The van der Waals surface area contributed by atoms with Crippen molar-refractivity contribution >= 4 is 39.7 Å². The third-order valence-corrected chi connectivity index (χ3v) is 5.71. The Morgan fingerprint density at radius 1 is 1.25 bits per heavy atom. The number of nitrogens with zero attached hydrogens (tertiary/aromatic N) is 3. The van der Waals surface area contributed by atoms with Crippen LogP contribution in [0.1, 0.15) is 12.0 Å². The molecule has 1 aliphatic heterocycles. The molecule has 4 rings (SSSR count). The van der Waals surface area contributed by atoms with Crippen LogP contribution in [0, 0.1) is 12.7 Å². The number of hydrazone groups is 1. The van der Waals surface area contributed by atoms with Crippen LogP contribution in [0.15, 0.2) is 52.9 Å². The first kappa shape index (κ1) is 21.4. The summed E-state index contributed by atoms with van der Waals surface area (Å²) in [5.41, 5.74) is 8.62. The van der Waals surface area contributed by atoms with Gasteiger partial charge in [-0.2, -0.15) is 5.10 Å². The number of nitrogens with one attached hydrogen (secondary N) is 1. The van der Waals surface area contributed by atoms with Crippen LogP contribution in [0.2, 0.25) is 0 Å². The highest BCUT2D eigenvalue weighted by molar-refractivity contribution is 7.14. The monoisotopic (exact) mass is 453 g/mol. The number of hydrogen-bond acceptors (Lipinski definition) is 7. The number of primary amides is 1. The van der Waals surface area contributed by atoms with Gasteiger partial charge in [0.15, 0.2) is 5.13 Å². The molecular formula is C22H20FN5O3S. The highest BCUT2D eigenvalue weighted by atomic mass is 32.1. The number of benzene rings is 2. The van der Waals surface area contributed by atoms with Crippen molar-refractivity contribution in [1.82, 2.24) is 4.98 Å². The zero-order chi connectivity index (χ0) is 22.8. The number of rotatable bonds is 6. The maximum Gasteiger partial charge on any atom is 0.273 e. The van der Waals surface area contributed by atoms with E-state index in [1.165, 1.54) is 40.6 Å². The molecule has 3 aromatic rings. The van der Waals surface area contributed by atoms with E-state index in [1.54, 1.807) is 7.11 Å². The third-order valence-electron chi connectivity index (χ3n) is 4.95. The van der Waals surface area contributed by atoms with Crippen molar-refractivity contribution in [3.8, 4) is 17.0 Å². The number of methoxy groups -OCH3 is 1. The number of aromatic nitrogens is 1. The van der Waals surface area contributed by atoms with Crippen LogP contribution in [-0.2, 0) is 9.59 Å². The van der Waals surface area contributed by atoms with Gasteiger partial charge in [0.1, 0.15) is 23.3 Å². The van der Waals surface area contributed by atoms with Gasteiger partial charge in [0.05, 0.1) is 18.5 Å². The van der Waals surface area contributed by atoms with Gasteiger partial charge in [-0.3, -0.25) is 19.9 Å². The van der Waals surface area contributed by atoms with Gasteiger partial charge in [0.2, 0.25) is 5.91 Å². The van der Waals surface area contributed by atoms with Gasteiger partial charge in [0.25, 0.3) is 5.91 Å². The molecule has 0 unspecified atom stereocenters. The van der Waals surface area contributed by atoms with E-state index in [0.717, 1.165) is 11.1 Å². The second-order valence-electron chi connectivity index (χ2n) is 7.19. The van der Waals surface area contributed by atoms with E-state index in [9.17, 15) is 14.0 Å². The summed E-state index contributed by atoms with van der Waals surface area (Å²) in [6.07, 6.45) is 0.0302. The average molecular weight is 453 g/mol. The molecule has 0 bridgehead atoms. The number of halogens is 1. The lowest BCUT2D eigenvalue weighted by molar-refractivity contribution is -0.119. The Bertz CT molecular complexity index is 1210. The van der Waals surface area contributed by atoms with E-state index in [2.05, 4.69) is 15.4 Å². The van der Waals surface area contributed by atoms with Crippen molar-refractivity contribution < 1.29 is 18.7 Å². The molecule has 1 aliphatic rings. The number of amides is 2. The van der Waals surface area contributed by atoms with Crippen molar-refractivity contribution in [1.29, 1.82) is 0 Å². The van der Waals surface area contributed by atoms with Crippen molar-refractivity contribution in [3.05, 3.63) is 59.2 Å². The fourth-order valence-electron chi connectivity index (χ4n) is 3.35. The molecule has 1 atom stereocenters. The van der Waals surface area contributed by atoms with E-state index < -0.39 is 23.7 Å². The number of carbonyl (C=O) groups is 2. The number of aryl methyl sites for hydroxylation is 1. The normalized spacial score (nSPS) is 15.4. The van der Waals surface area contributed by atoms with E-state index in [0.29, 0.717) is 22.3 Å². The summed E-state index contributed by atoms with van der Waals surface area (Å²) in [6, 6.07) is 10.4.